The Bertz CT molecular complexity index is 549. The molecular formula is C14H15NO2S2. The lowest BCUT2D eigenvalue weighted by atomic mass is 10.2. The van der Waals surface area contributed by atoms with Crippen LogP contribution < -0.4 is 5.32 Å². The fraction of sp³-hybridized carbons (Fsp3) is 0.214. The summed E-state index contributed by atoms with van der Waals surface area (Å²) in [6.45, 7) is 0.503. The van der Waals surface area contributed by atoms with Crippen LogP contribution in [0.15, 0.2) is 50.8 Å². The van der Waals surface area contributed by atoms with E-state index < -0.39 is 0 Å². The second-order valence-corrected chi connectivity index (χ2v) is 5.54. The van der Waals surface area contributed by atoms with Gasteiger partial charge in [-0.3, -0.25) is 4.79 Å². The van der Waals surface area contributed by atoms with Gasteiger partial charge in [-0.15, -0.1) is 11.8 Å². The molecule has 0 unspecified atom stereocenters. The number of nitrogens with one attached hydrogen (secondary N) is 1. The van der Waals surface area contributed by atoms with E-state index in [2.05, 4.69) is 5.32 Å². The number of hydrogen-bond donors (Lipinski definition) is 1. The van der Waals surface area contributed by atoms with E-state index in [1.165, 1.54) is 16.7 Å². The van der Waals surface area contributed by atoms with E-state index >= 15 is 0 Å². The smallest absolute Gasteiger partial charge is 0.287 e. The highest BCUT2D eigenvalue weighted by Gasteiger charge is 2.10. The molecule has 1 heterocycles. The molecule has 5 heteroatoms. The standard InChI is InChI=1S/C14H15NO2S2/c1-18-11-5-3-10(4-6-11)9-15-14(16)12-7-8-13(17-12)19-2/h3-8H,9H2,1-2H3,(H,15,16). The molecule has 3 nitrogen and oxygen atoms in total. The van der Waals surface area contributed by atoms with Gasteiger partial charge in [-0.2, -0.15) is 0 Å². The van der Waals surface area contributed by atoms with Crippen molar-refractivity contribution in [2.45, 2.75) is 16.5 Å². The third-order valence-corrected chi connectivity index (χ3v) is 3.98. The van der Waals surface area contributed by atoms with Gasteiger partial charge in [0.15, 0.2) is 10.9 Å². The van der Waals surface area contributed by atoms with Crippen molar-refractivity contribution >= 4 is 29.4 Å². The SMILES string of the molecule is CSc1ccc(CNC(=O)c2ccc(SC)o2)cc1. The molecule has 0 spiro atoms. The maximum absolute atomic E-state index is 11.9. The van der Waals surface area contributed by atoms with Crippen LogP contribution in [0.25, 0.3) is 0 Å². The van der Waals surface area contributed by atoms with Gasteiger partial charge < -0.3 is 9.73 Å². The van der Waals surface area contributed by atoms with E-state index in [9.17, 15) is 4.79 Å². The van der Waals surface area contributed by atoms with Crippen molar-refractivity contribution in [1.82, 2.24) is 5.32 Å². The van der Waals surface area contributed by atoms with Crippen molar-refractivity contribution < 1.29 is 9.21 Å². The summed E-state index contributed by atoms with van der Waals surface area (Å²) >= 11 is 3.18. The molecule has 0 aliphatic heterocycles. The number of amides is 1. The van der Waals surface area contributed by atoms with Crippen molar-refractivity contribution in [2.75, 3.05) is 12.5 Å². The Morgan fingerprint density at radius 1 is 1.11 bits per heavy atom. The van der Waals surface area contributed by atoms with Gasteiger partial charge in [0.1, 0.15) is 0 Å². The number of thioether (sulfide) groups is 2. The van der Waals surface area contributed by atoms with Gasteiger partial charge in [-0.1, -0.05) is 23.9 Å². The third kappa shape index (κ3) is 3.81. The molecule has 0 aliphatic rings. The summed E-state index contributed by atoms with van der Waals surface area (Å²) in [4.78, 5) is 13.1. The Morgan fingerprint density at radius 2 is 1.84 bits per heavy atom. The van der Waals surface area contributed by atoms with Crippen LogP contribution in [0.2, 0.25) is 0 Å². The first-order valence-corrected chi connectivity index (χ1v) is 8.23. The van der Waals surface area contributed by atoms with Gasteiger partial charge in [0, 0.05) is 11.4 Å². The number of hydrogen-bond acceptors (Lipinski definition) is 4. The summed E-state index contributed by atoms with van der Waals surface area (Å²) in [5.41, 5.74) is 1.07. The summed E-state index contributed by atoms with van der Waals surface area (Å²) in [5, 5.41) is 3.59. The predicted molar refractivity (Wildman–Crippen MR) is 79.9 cm³/mol. The lowest BCUT2D eigenvalue weighted by Crippen LogP contribution is -2.22. The molecule has 0 bridgehead atoms. The topological polar surface area (TPSA) is 42.2 Å². The molecule has 1 N–H and O–H groups in total. The maximum Gasteiger partial charge on any atom is 0.287 e. The first-order chi connectivity index (χ1) is 9.22. The summed E-state index contributed by atoms with van der Waals surface area (Å²) in [7, 11) is 0. The average Bonchev–Trinajstić information content (AvgIpc) is 2.94. The minimum atomic E-state index is -0.186. The van der Waals surface area contributed by atoms with Gasteiger partial charge in [0.05, 0.1) is 0 Å². The van der Waals surface area contributed by atoms with Crippen molar-refractivity contribution in [1.29, 1.82) is 0 Å². The van der Waals surface area contributed by atoms with Crippen LogP contribution in [0, 0.1) is 0 Å². The monoisotopic (exact) mass is 293 g/mol. The minimum absolute atomic E-state index is 0.186. The second-order valence-electron chi connectivity index (χ2n) is 3.85. The second kappa shape index (κ2) is 6.73. The molecule has 0 saturated heterocycles. The minimum Gasteiger partial charge on any atom is -0.445 e. The van der Waals surface area contributed by atoms with E-state index in [0.29, 0.717) is 12.3 Å². The molecule has 0 radical (unpaired) electrons. The number of carbonyl (C=O) groups excluding carboxylic acids is 1. The van der Waals surface area contributed by atoms with Gasteiger partial charge in [0.25, 0.3) is 5.91 Å². The molecule has 1 aromatic heterocycles. The van der Waals surface area contributed by atoms with Gasteiger partial charge in [0.2, 0.25) is 0 Å². The van der Waals surface area contributed by atoms with Crippen LogP contribution in [-0.2, 0) is 6.54 Å². The van der Waals surface area contributed by atoms with E-state index in [0.717, 1.165) is 10.7 Å². The zero-order valence-electron chi connectivity index (χ0n) is 10.8. The Hall–Kier alpha value is -1.33. The normalized spacial score (nSPS) is 10.4. The zero-order valence-corrected chi connectivity index (χ0v) is 12.4. The summed E-state index contributed by atoms with van der Waals surface area (Å²) in [6.07, 6.45) is 3.95. The van der Waals surface area contributed by atoms with E-state index in [1.54, 1.807) is 23.9 Å². The highest BCUT2D eigenvalue weighted by molar-refractivity contribution is 7.98. The third-order valence-electron chi connectivity index (χ3n) is 2.62. The summed E-state index contributed by atoms with van der Waals surface area (Å²) in [5.74, 6) is 0.166. The molecule has 100 valence electrons. The van der Waals surface area contributed by atoms with E-state index in [-0.39, 0.29) is 5.91 Å². The van der Waals surface area contributed by atoms with Gasteiger partial charge in [-0.25, -0.2) is 0 Å². The highest BCUT2D eigenvalue weighted by Crippen LogP contribution is 2.18. The fourth-order valence-corrected chi connectivity index (χ4v) is 2.35. The molecule has 0 aliphatic carbocycles. The average molecular weight is 293 g/mol. The van der Waals surface area contributed by atoms with Crippen LogP contribution in [-0.4, -0.2) is 18.4 Å². The quantitative estimate of drug-likeness (QED) is 0.854. The van der Waals surface area contributed by atoms with E-state index in [4.69, 9.17) is 4.42 Å². The molecule has 2 aromatic rings. The highest BCUT2D eigenvalue weighted by atomic mass is 32.2. The molecule has 0 atom stereocenters. The molecule has 19 heavy (non-hydrogen) atoms. The first kappa shape index (κ1) is 14.1. The molecule has 0 saturated carbocycles. The summed E-state index contributed by atoms with van der Waals surface area (Å²) in [6, 6.07) is 11.6. The van der Waals surface area contributed by atoms with Crippen LogP contribution in [0.3, 0.4) is 0 Å². The molecule has 1 amide bonds. The van der Waals surface area contributed by atoms with Crippen LogP contribution >= 0.6 is 23.5 Å². The lowest BCUT2D eigenvalue weighted by molar-refractivity contribution is 0.0918. The van der Waals surface area contributed by atoms with Crippen molar-refractivity contribution in [3.8, 4) is 0 Å². The van der Waals surface area contributed by atoms with Crippen LogP contribution in [0.4, 0.5) is 0 Å². The number of furan rings is 1. The summed E-state index contributed by atoms with van der Waals surface area (Å²) < 4.78 is 5.37. The van der Waals surface area contributed by atoms with Gasteiger partial charge >= 0.3 is 0 Å². The molecular weight excluding hydrogens is 278 g/mol. The zero-order chi connectivity index (χ0) is 13.7. The molecule has 2 rings (SSSR count). The number of carbonyl (C=O) groups is 1. The Kier molecular flexibility index (Phi) is 4.99. The van der Waals surface area contributed by atoms with Crippen LogP contribution in [0.5, 0.6) is 0 Å². The fourth-order valence-electron chi connectivity index (χ4n) is 1.56. The van der Waals surface area contributed by atoms with Crippen LogP contribution in [0.1, 0.15) is 16.1 Å². The van der Waals surface area contributed by atoms with Crippen molar-refractivity contribution in [3.05, 3.63) is 47.7 Å². The molecule has 1 aromatic carbocycles. The largest absolute Gasteiger partial charge is 0.445 e. The van der Waals surface area contributed by atoms with Gasteiger partial charge in [-0.05, 0) is 42.3 Å². The maximum atomic E-state index is 11.9. The molecule has 0 fully saturated rings. The number of benzene rings is 1. The van der Waals surface area contributed by atoms with E-state index in [1.807, 2.05) is 36.8 Å². The Morgan fingerprint density at radius 3 is 2.42 bits per heavy atom. The Balaban J connectivity index is 1.92. The lowest BCUT2D eigenvalue weighted by Gasteiger charge is -2.04. The van der Waals surface area contributed by atoms with Crippen molar-refractivity contribution in [2.24, 2.45) is 0 Å². The first-order valence-electron chi connectivity index (χ1n) is 5.78. The predicted octanol–water partition coefficient (Wildman–Crippen LogP) is 3.65. The van der Waals surface area contributed by atoms with Crippen molar-refractivity contribution in [3.63, 3.8) is 0 Å². The Labute approximate surface area is 121 Å². The number of rotatable bonds is 5.